The van der Waals surface area contributed by atoms with E-state index in [9.17, 15) is 9.18 Å². The molecule has 1 N–H and O–H groups in total. The zero-order valence-corrected chi connectivity index (χ0v) is 15.7. The number of carbonyl (C=O) groups is 1. The summed E-state index contributed by atoms with van der Waals surface area (Å²) in [5, 5.41) is 2.74. The molecule has 1 saturated heterocycles. The molecule has 0 atom stereocenters. The first-order valence-corrected chi connectivity index (χ1v) is 9.28. The van der Waals surface area contributed by atoms with Crippen LogP contribution in [0.2, 0.25) is 0 Å². The second-order valence-electron chi connectivity index (χ2n) is 6.84. The molecule has 1 aliphatic rings. The highest BCUT2D eigenvalue weighted by Gasteiger charge is 2.19. The molecule has 27 heavy (non-hydrogen) atoms. The highest BCUT2D eigenvalue weighted by atomic mass is 19.1. The number of halogens is 1. The number of hydrogen-bond acceptors (Lipinski definition) is 4. The molecule has 0 spiro atoms. The van der Waals surface area contributed by atoms with Gasteiger partial charge in [0.05, 0.1) is 6.54 Å². The van der Waals surface area contributed by atoms with Gasteiger partial charge in [-0.3, -0.25) is 14.6 Å². The lowest BCUT2D eigenvalue weighted by molar-refractivity contribution is -0.117. The van der Waals surface area contributed by atoms with Crippen LogP contribution in [0.4, 0.5) is 10.1 Å². The Kier molecular flexibility index (Phi) is 6.79. The van der Waals surface area contributed by atoms with Gasteiger partial charge in [0.2, 0.25) is 5.91 Å². The molecule has 1 amide bonds. The molecule has 0 radical (unpaired) electrons. The van der Waals surface area contributed by atoms with E-state index in [0.29, 0.717) is 18.8 Å². The van der Waals surface area contributed by atoms with Gasteiger partial charge in [0.25, 0.3) is 0 Å². The van der Waals surface area contributed by atoms with Crippen LogP contribution >= 0.6 is 0 Å². The Bertz CT molecular complexity index is 743. The van der Waals surface area contributed by atoms with E-state index in [1.165, 1.54) is 17.7 Å². The van der Waals surface area contributed by atoms with E-state index in [2.05, 4.69) is 22.0 Å². The summed E-state index contributed by atoms with van der Waals surface area (Å²) < 4.78 is 19.0. The molecule has 1 aliphatic heterocycles. The van der Waals surface area contributed by atoms with Crippen LogP contribution < -0.4 is 10.1 Å². The van der Waals surface area contributed by atoms with Gasteiger partial charge in [-0.25, -0.2) is 4.39 Å². The lowest BCUT2D eigenvalue weighted by atomic mass is 10.2. The molecule has 0 aromatic heterocycles. The number of piperazine rings is 1. The Morgan fingerprint density at radius 1 is 1.07 bits per heavy atom. The molecular weight excluding hydrogens is 345 g/mol. The third-order valence-corrected chi connectivity index (χ3v) is 4.64. The molecule has 6 heteroatoms. The second-order valence-corrected chi connectivity index (χ2v) is 6.84. The summed E-state index contributed by atoms with van der Waals surface area (Å²) >= 11 is 0. The Labute approximate surface area is 159 Å². The van der Waals surface area contributed by atoms with Crippen molar-refractivity contribution in [2.75, 3.05) is 51.2 Å². The average Bonchev–Trinajstić information content (AvgIpc) is 2.65. The van der Waals surface area contributed by atoms with E-state index in [-0.39, 0.29) is 11.7 Å². The molecule has 0 bridgehead atoms. The maximum atomic E-state index is 13.2. The van der Waals surface area contributed by atoms with E-state index >= 15 is 0 Å². The maximum absolute atomic E-state index is 13.2. The number of aryl methyl sites for hydroxylation is 1. The number of anilines is 1. The van der Waals surface area contributed by atoms with Crippen molar-refractivity contribution in [3.8, 4) is 5.75 Å². The third-order valence-electron chi connectivity index (χ3n) is 4.64. The van der Waals surface area contributed by atoms with Crippen LogP contribution in [-0.2, 0) is 4.79 Å². The topological polar surface area (TPSA) is 44.8 Å². The number of rotatable bonds is 7. The summed E-state index contributed by atoms with van der Waals surface area (Å²) in [6.45, 7) is 7.39. The van der Waals surface area contributed by atoms with Crippen molar-refractivity contribution in [3.63, 3.8) is 0 Å². The van der Waals surface area contributed by atoms with E-state index in [0.717, 1.165) is 38.5 Å². The Balaban J connectivity index is 1.33. The Hall–Kier alpha value is -2.44. The van der Waals surface area contributed by atoms with E-state index in [4.69, 9.17) is 4.74 Å². The van der Waals surface area contributed by atoms with Crippen LogP contribution in [0.5, 0.6) is 5.75 Å². The molecule has 2 aromatic carbocycles. The predicted octanol–water partition coefficient (Wildman–Crippen LogP) is 2.77. The van der Waals surface area contributed by atoms with Crippen LogP contribution in [0.15, 0.2) is 48.5 Å². The summed E-state index contributed by atoms with van der Waals surface area (Å²) in [6, 6.07) is 14.0. The minimum atomic E-state index is -0.353. The standard InChI is InChI=1S/C21H26FN3O2/c1-17-5-7-20(8-6-17)27-14-13-24-9-11-25(12-10-24)16-21(26)23-19-4-2-3-18(22)15-19/h2-8,15H,9-14,16H2,1H3,(H,23,26). The number of ether oxygens (including phenoxy) is 1. The monoisotopic (exact) mass is 371 g/mol. The van der Waals surface area contributed by atoms with Crippen molar-refractivity contribution in [2.45, 2.75) is 6.92 Å². The van der Waals surface area contributed by atoms with Crippen LogP contribution in [0.3, 0.4) is 0 Å². The molecule has 144 valence electrons. The largest absolute Gasteiger partial charge is 0.492 e. The first-order chi connectivity index (χ1) is 13.1. The third kappa shape index (κ3) is 6.34. The van der Waals surface area contributed by atoms with Crippen LogP contribution in [-0.4, -0.2) is 61.6 Å². The van der Waals surface area contributed by atoms with E-state index in [1.54, 1.807) is 12.1 Å². The number of amides is 1. The van der Waals surface area contributed by atoms with Crippen molar-refractivity contribution < 1.29 is 13.9 Å². The molecule has 1 fully saturated rings. The maximum Gasteiger partial charge on any atom is 0.238 e. The molecule has 3 rings (SSSR count). The molecule has 0 aliphatic carbocycles. The van der Waals surface area contributed by atoms with Gasteiger partial charge < -0.3 is 10.1 Å². The molecule has 2 aromatic rings. The summed E-state index contributed by atoms with van der Waals surface area (Å²) in [6.07, 6.45) is 0. The van der Waals surface area contributed by atoms with Gasteiger partial charge in [-0.2, -0.15) is 0 Å². The summed E-state index contributed by atoms with van der Waals surface area (Å²) in [4.78, 5) is 16.6. The molecular formula is C21H26FN3O2. The van der Waals surface area contributed by atoms with E-state index in [1.807, 2.05) is 24.3 Å². The lowest BCUT2D eigenvalue weighted by Gasteiger charge is -2.34. The van der Waals surface area contributed by atoms with Crippen molar-refractivity contribution in [1.29, 1.82) is 0 Å². The number of hydrogen-bond donors (Lipinski definition) is 1. The normalized spacial score (nSPS) is 15.5. The first kappa shape index (κ1) is 19.3. The number of carbonyl (C=O) groups excluding carboxylic acids is 1. The zero-order chi connectivity index (χ0) is 19.1. The lowest BCUT2D eigenvalue weighted by Crippen LogP contribution is -2.49. The average molecular weight is 371 g/mol. The molecule has 1 heterocycles. The quantitative estimate of drug-likeness (QED) is 0.813. The van der Waals surface area contributed by atoms with Gasteiger partial charge in [-0.1, -0.05) is 23.8 Å². The van der Waals surface area contributed by atoms with Crippen molar-refractivity contribution in [2.24, 2.45) is 0 Å². The van der Waals surface area contributed by atoms with Crippen LogP contribution in [0.1, 0.15) is 5.56 Å². The van der Waals surface area contributed by atoms with Gasteiger partial charge in [-0.05, 0) is 37.3 Å². The fourth-order valence-electron chi connectivity index (χ4n) is 3.07. The highest BCUT2D eigenvalue weighted by Crippen LogP contribution is 2.12. The molecule has 0 unspecified atom stereocenters. The zero-order valence-electron chi connectivity index (χ0n) is 15.7. The second kappa shape index (κ2) is 9.48. The fourth-order valence-corrected chi connectivity index (χ4v) is 3.07. The number of nitrogens with zero attached hydrogens (tertiary/aromatic N) is 2. The predicted molar refractivity (Wildman–Crippen MR) is 105 cm³/mol. The SMILES string of the molecule is Cc1ccc(OCCN2CCN(CC(=O)Nc3cccc(F)c3)CC2)cc1. The van der Waals surface area contributed by atoms with Gasteiger partial charge in [0.15, 0.2) is 0 Å². The number of benzene rings is 2. The van der Waals surface area contributed by atoms with Crippen molar-refractivity contribution in [1.82, 2.24) is 9.80 Å². The Morgan fingerprint density at radius 2 is 1.78 bits per heavy atom. The summed E-state index contributed by atoms with van der Waals surface area (Å²) in [5.41, 5.74) is 1.71. The van der Waals surface area contributed by atoms with E-state index < -0.39 is 0 Å². The van der Waals surface area contributed by atoms with Crippen molar-refractivity contribution >= 4 is 11.6 Å². The van der Waals surface area contributed by atoms with Crippen LogP contribution in [0.25, 0.3) is 0 Å². The minimum absolute atomic E-state index is 0.114. The van der Waals surface area contributed by atoms with Gasteiger partial charge in [-0.15, -0.1) is 0 Å². The molecule has 5 nitrogen and oxygen atoms in total. The molecule has 0 saturated carbocycles. The van der Waals surface area contributed by atoms with Gasteiger partial charge in [0.1, 0.15) is 18.2 Å². The first-order valence-electron chi connectivity index (χ1n) is 9.28. The summed E-state index contributed by atoms with van der Waals surface area (Å²) in [7, 11) is 0. The van der Waals surface area contributed by atoms with Crippen LogP contribution in [0, 0.1) is 12.7 Å². The minimum Gasteiger partial charge on any atom is -0.492 e. The Morgan fingerprint density at radius 3 is 2.48 bits per heavy atom. The summed E-state index contributed by atoms with van der Waals surface area (Å²) in [5.74, 6) is 0.430. The van der Waals surface area contributed by atoms with Gasteiger partial charge in [0, 0.05) is 38.4 Å². The van der Waals surface area contributed by atoms with Gasteiger partial charge >= 0.3 is 0 Å². The fraction of sp³-hybridized carbons (Fsp3) is 0.381. The number of nitrogens with one attached hydrogen (secondary N) is 1. The van der Waals surface area contributed by atoms with Crippen molar-refractivity contribution in [3.05, 3.63) is 59.9 Å². The highest BCUT2D eigenvalue weighted by molar-refractivity contribution is 5.92. The smallest absolute Gasteiger partial charge is 0.238 e.